The molecule has 0 aliphatic heterocycles. The summed E-state index contributed by atoms with van der Waals surface area (Å²) in [4.78, 5) is 0.116. The smallest absolute Gasteiger partial charge is 0.316 e. The van der Waals surface area contributed by atoms with Gasteiger partial charge in [-0.3, -0.25) is 0 Å². The maximum Gasteiger partial charge on any atom is 0.446 e. The Bertz CT molecular complexity index is 303. The lowest BCUT2D eigenvalue weighted by molar-refractivity contribution is -0.0328. The minimum Gasteiger partial charge on any atom is -0.316 e. The van der Waals surface area contributed by atoms with Crippen LogP contribution in [0.4, 0.5) is 13.2 Å². The third-order valence-electron chi connectivity index (χ3n) is 1.42. The Balaban J connectivity index is 2.73. The summed E-state index contributed by atoms with van der Waals surface area (Å²) in [5.74, 6) is 0. The molecule has 1 aromatic rings. The molecule has 0 heterocycles. The minimum atomic E-state index is -4.27. The third kappa shape index (κ3) is 3.99. The lowest BCUT2D eigenvalue weighted by Crippen LogP contribution is -2.06. The minimum absolute atomic E-state index is 0.116. The molecule has 0 aromatic heterocycles. The molecule has 78 valence electrons. The van der Waals surface area contributed by atoms with Crippen molar-refractivity contribution in [2.24, 2.45) is 0 Å². The van der Waals surface area contributed by atoms with E-state index in [1.165, 1.54) is 18.2 Å². The number of thioether (sulfide) groups is 1. The lowest BCUT2D eigenvalue weighted by atomic mass is 10.2. The Kier molecular flexibility index (Phi) is 3.79. The van der Waals surface area contributed by atoms with Gasteiger partial charge in [0, 0.05) is 11.4 Å². The van der Waals surface area contributed by atoms with Crippen LogP contribution in [0.15, 0.2) is 29.2 Å². The van der Waals surface area contributed by atoms with E-state index in [1.807, 2.05) is 5.48 Å². The molecule has 0 radical (unpaired) electrons. The molecular formula is C8H8F3NOS. The zero-order chi connectivity index (χ0) is 10.6. The molecule has 2 N–H and O–H groups in total. The van der Waals surface area contributed by atoms with E-state index >= 15 is 0 Å². The van der Waals surface area contributed by atoms with Crippen LogP contribution in [0.3, 0.4) is 0 Å². The first-order valence-electron chi connectivity index (χ1n) is 3.73. The number of nitrogens with one attached hydrogen (secondary N) is 1. The Hall–Kier alpha value is -0.720. The standard InChI is InChI=1S/C8H8F3NOS/c9-8(10,11)14-7-3-1-2-6(4-7)5-12-13/h1-4,12-13H,5H2. The number of halogens is 3. The molecule has 0 bridgehead atoms. The van der Waals surface area contributed by atoms with Crippen LogP contribution in [-0.4, -0.2) is 10.7 Å². The molecule has 2 nitrogen and oxygen atoms in total. The van der Waals surface area contributed by atoms with Gasteiger partial charge in [0.05, 0.1) is 0 Å². The summed E-state index contributed by atoms with van der Waals surface area (Å²) in [6, 6.07) is 5.89. The molecule has 14 heavy (non-hydrogen) atoms. The van der Waals surface area contributed by atoms with Crippen molar-refractivity contribution in [2.75, 3.05) is 0 Å². The number of alkyl halides is 3. The van der Waals surface area contributed by atoms with E-state index < -0.39 is 5.51 Å². The maximum absolute atomic E-state index is 12.0. The summed E-state index contributed by atoms with van der Waals surface area (Å²) in [5, 5.41) is 8.36. The van der Waals surface area contributed by atoms with Gasteiger partial charge in [-0.05, 0) is 29.5 Å². The first-order valence-corrected chi connectivity index (χ1v) is 4.54. The van der Waals surface area contributed by atoms with Gasteiger partial charge in [0.2, 0.25) is 0 Å². The highest BCUT2D eigenvalue weighted by Crippen LogP contribution is 2.36. The second-order valence-electron chi connectivity index (χ2n) is 2.53. The van der Waals surface area contributed by atoms with E-state index in [4.69, 9.17) is 5.21 Å². The van der Waals surface area contributed by atoms with Crippen molar-refractivity contribution >= 4 is 11.8 Å². The van der Waals surface area contributed by atoms with Crippen molar-refractivity contribution in [3.63, 3.8) is 0 Å². The fourth-order valence-electron chi connectivity index (χ4n) is 0.944. The lowest BCUT2D eigenvalue weighted by Gasteiger charge is -2.06. The van der Waals surface area contributed by atoms with Crippen LogP contribution < -0.4 is 5.48 Å². The summed E-state index contributed by atoms with van der Waals surface area (Å²) >= 11 is -0.169. The fourth-order valence-corrected chi connectivity index (χ4v) is 1.57. The van der Waals surface area contributed by atoms with Gasteiger partial charge >= 0.3 is 5.51 Å². The van der Waals surface area contributed by atoms with E-state index in [-0.39, 0.29) is 23.2 Å². The average Bonchev–Trinajstić information content (AvgIpc) is 2.02. The number of rotatable bonds is 3. The van der Waals surface area contributed by atoms with Crippen molar-refractivity contribution in [3.8, 4) is 0 Å². The van der Waals surface area contributed by atoms with Gasteiger partial charge in [0.1, 0.15) is 0 Å². The summed E-state index contributed by atoms with van der Waals surface area (Å²) in [5.41, 5.74) is -1.79. The first-order chi connectivity index (χ1) is 6.51. The number of benzene rings is 1. The predicted molar refractivity (Wildman–Crippen MR) is 47.0 cm³/mol. The Morgan fingerprint density at radius 2 is 2.07 bits per heavy atom. The zero-order valence-electron chi connectivity index (χ0n) is 7.01. The van der Waals surface area contributed by atoms with Crippen LogP contribution in [0.5, 0.6) is 0 Å². The van der Waals surface area contributed by atoms with Crippen molar-refractivity contribution in [1.29, 1.82) is 0 Å². The van der Waals surface area contributed by atoms with Gasteiger partial charge in [-0.2, -0.15) is 13.2 Å². The summed E-state index contributed by atoms with van der Waals surface area (Å²) in [6.07, 6.45) is 0. The van der Waals surface area contributed by atoms with Crippen LogP contribution in [0.25, 0.3) is 0 Å². The first kappa shape index (κ1) is 11.4. The molecule has 0 amide bonds. The summed E-state index contributed by atoms with van der Waals surface area (Å²) in [6.45, 7) is 0.131. The molecule has 0 fully saturated rings. The van der Waals surface area contributed by atoms with E-state index in [1.54, 1.807) is 6.07 Å². The van der Waals surface area contributed by atoms with Crippen molar-refractivity contribution in [3.05, 3.63) is 29.8 Å². The van der Waals surface area contributed by atoms with Crippen molar-refractivity contribution in [1.82, 2.24) is 5.48 Å². The second-order valence-corrected chi connectivity index (χ2v) is 3.67. The maximum atomic E-state index is 12.0. The monoisotopic (exact) mass is 223 g/mol. The topological polar surface area (TPSA) is 32.3 Å². The average molecular weight is 223 g/mol. The Morgan fingerprint density at radius 3 is 2.64 bits per heavy atom. The Morgan fingerprint density at radius 1 is 1.36 bits per heavy atom. The van der Waals surface area contributed by atoms with Crippen molar-refractivity contribution in [2.45, 2.75) is 16.9 Å². The normalized spacial score (nSPS) is 11.7. The predicted octanol–water partition coefficient (Wildman–Crippen LogP) is 2.78. The number of hydrogen-bond donors (Lipinski definition) is 2. The van der Waals surface area contributed by atoms with Gasteiger partial charge in [0.15, 0.2) is 0 Å². The number of hydrogen-bond acceptors (Lipinski definition) is 3. The molecule has 0 saturated carbocycles. The quantitative estimate of drug-likeness (QED) is 0.610. The molecule has 1 rings (SSSR count). The van der Waals surface area contributed by atoms with E-state index in [2.05, 4.69) is 0 Å². The van der Waals surface area contributed by atoms with Crippen molar-refractivity contribution < 1.29 is 18.4 Å². The SMILES string of the molecule is ONCc1cccc(SC(F)(F)F)c1. The summed E-state index contributed by atoms with van der Waals surface area (Å²) in [7, 11) is 0. The fraction of sp³-hybridized carbons (Fsp3) is 0.250. The molecule has 0 spiro atoms. The van der Waals surface area contributed by atoms with Crippen LogP contribution in [0.2, 0.25) is 0 Å². The van der Waals surface area contributed by atoms with Crippen LogP contribution in [0.1, 0.15) is 5.56 Å². The Labute approximate surface area is 83.1 Å². The molecule has 0 saturated heterocycles. The highest BCUT2D eigenvalue weighted by atomic mass is 32.2. The van der Waals surface area contributed by atoms with E-state index in [0.29, 0.717) is 5.56 Å². The third-order valence-corrected chi connectivity index (χ3v) is 2.14. The van der Waals surface area contributed by atoms with Crippen LogP contribution in [0, 0.1) is 0 Å². The molecule has 0 unspecified atom stereocenters. The summed E-state index contributed by atoms with van der Waals surface area (Å²) < 4.78 is 35.9. The molecular weight excluding hydrogens is 215 g/mol. The molecule has 0 aliphatic rings. The zero-order valence-corrected chi connectivity index (χ0v) is 7.82. The molecule has 1 aromatic carbocycles. The van der Waals surface area contributed by atoms with Gasteiger partial charge in [-0.1, -0.05) is 12.1 Å². The largest absolute Gasteiger partial charge is 0.446 e. The second kappa shape index (κ2) is 4.68. The van der Waals surface area contributed by atoms with E-state index in [9.17, 15) is 13.2 Å². The van der Waals surface area contributed by atoms with Gasteiger partial charge in [-0.25, -0.2) is 5.48 Å². The highest BCUT2D eigenvalue weighted by Gasteiger charge is 2.29. The van der Waals surface area contributed by atoms with Gasteiger partial charge in [0.25, 0.3) is 0 Å². The van der Waals surface area contributed by atoms with E-state index in [0.717, 1.165) is 0 Å². The molecule has 0 aliphatic carbocycles. The number of hydroxylamine groups is 1. The molecule has 6 heteroatoms. The van der Waals surface area contributed by atoms with Gasteiger partial charge < -0.3 is 5.21 Å². The van der Waals surface area contributed by atoms with Crippen LogP contribution in [-0.2, 0) is 6.54 Å². The van der Waals surface area contributed by atoms with Gasteiger partial charge in [-0.15, -0.1) is 0 Å². The van der Waals surface area contributed by atoms with Crippen LogP contribution >= 0.6 is 11.8 Å². The molecule has 0 atom stereocenters. The highest BCUT2D eigenvalue weighted by molar-refractivity contribution is 8.00.